The van der Waals surface area contributed by atoms with Crippen molar-refractivity contribution in [2.75, 3.05) is 0 Å². The summed E-state index contributed by atoms with van der Waals surface area (Å²) in [6, 6.07) is 10.0. The zero-order valence-electron chi connectivity index (χ0n) is 12.3. The van der Waals surface area contributed by atoms with Crippen LogP contribution < -0.4 is 0 Å². The molecule has 0 aliphatic carbocycles. The van der Waals surface area contributed by atoms with E-state index in [0.717, 1.165) is 6.42 Å². The SMILES string of the molecule is C[Si](C)(C)C#C/C=C1\CC(Cc2ccccc2)C(=O)O1. The van der Waals surface area contributed by atoms with Gasteiger partial charge in [0.25, 0.3) is 0 Å². The highest BCUT2D eigenvalue weighted by atomic mass is 28.3. The molecule has 0 spiro atoms. The molecule has 0 saturated carbocycles. The molecule has 1 fully saturated rings. The first kappa shape index (κ1) is 14.6. The van der Waals surface area contributed by atoms with Crippen molar-refractivity contribution in [3.63, 3.8) is 0 Å². The van der Waals surface area contributed by atoms with Crippen LogP contribution in [0, 0.1) is 17.4 Å². The van der Waals surface area contributed by atoms with Crippen LogP contribution in [0.3, 0.4) is 0 Å². The van der Waals surface area contributed by atoms with Crippen molar-refractivity contribution < 1.29 is 9.53 Å². The molecule has 2 rings (SSSR count). The minimum absolute atomic E-state index is 0.0719. The molecule has 1 atom stereocenters. The summed E-state index contributed by atoms with van der Waals surface area (Å²) < 4.78 is 5.30. The largest absolute Gasteiger partial charge is 0.430 e. The predicted octanol–water partition coefficient (Wildman–Crippen LogP) is 3.56. The van der Waals surface area contributed by atoms with Gasteiger partial charge in [0.2, 0.25) is 0 Å². The number of benzene rings is 1. The number of rotatable bonds is 2. The number of ether oxygens (including phenoxy) is 1. The molecular formula is C17H20O2Si. The molecule has 3 heteroatoms. The topological polar surface area (TPSA) is 26.3 Å². The number of hydrogen-bond acceptors (Lipinski definition) is 2. The summed E-state index contributed by atoms with van der Waals surface area (Å²) in [6.07, 6.45) is 3.16. The second kappa shape index (κ2) is 6.11. The molecular weight excluding hydrogens is 264 g/mol. The minimum Gasteiger partial charge on any atom is -0.430 e. The van der Waals surface area contributed by atoms with Crippen LogP contribution in [-0.4, -0.2) is 14.0 Å². The number of cyclic esters (lactones) is 1. The molecule has 1 unspecified atom stereocenters. The molecule has 0 bridgehead atoms. The van der Waals surface area contributed by atoms with Gasteiger partial charge >= 0.3 is 5.97 Å². The van der Waals surface area contributed by atoms with Crippen molar-refractivity contribution in [2.24, 2.45) is 5.92 Å². The first-order valence-corrected chi connectivity index (χ1v) is 10.4. The van der Waals surface area contributed by atoms with E-state index in [1.165, 1.54) is 5.56 Å². The van der Waals surface area contributed by atoms with Gasteiger partial charge in [0, 0.05) is 12.5 Å². The summed E-state index contributed by atoms with van der Waals surface area (Å²) in [7, 11) is -1.37. The van der Waals surface area contributed by atoms with Gasteiger partial charge in [-0.05, 0) is 12.0 Å². The summed E-state index contributed by atoms with van der Waals surface area (Å²) in [5, 5.41) is 0. The molecule has 0 N–H and O–H groups in total. The fraction of sp³-hybridized carbons (Fsp3) is 0.353. The minimum atomic E-state index is -1.37. The fourth-order valence-corrected chi connectivity index (χ4v) is 2.56. The average Bonchev–Trinajstić information content (AvgIpc) is 2.70. The van der Waals surface area contributed by atoms with Gasteiger partial charge in [0.15, 0.2) is 0 Å². The lowest BCUT2D eigenvalue weighted by molar-refractivity contribution is -0.139. The number of hydrogen-bond donors (Lipinski definition) is 0. The zero-order chi connectivity index (χ0) is 14.6. The maximum Gasteiger partial charge on any atom is 0.314 e. The molecule has 104 valence electrons. The third-order valence-electron chi connectivity index (χ3n) is 3.02. The van der Waals surface area contributed by atoms with Gasteiger partial charge in [-0.1, -0.05) is 55.9 Å². The monoisotopic (exact) mass is 284 g/mol. The molecule has 1 aliphatic heterocycles. The summed E-state index contributed by atoms with van der Waals surface area (Å²) in [5.41, 5.74) is 4.42. The Kier molecular flexibility index (Phi) is 4.46. The maximum atomic E-state index is 11.8. The molecule has 1 aromatic carbocycles. The first-order valence-electron chi connectivity index (χ1n) is 6.91. The third-order valence-corrected chi connectivity index (χ3v) is 3.91. The Balaban J connectivity index is 2.00. The van der Waals surface area contributed by atoms with Crippen LogP contribution in [0.15, 0.2) is 42.2 Å². The van der Waals surface area contributed by atoms with E-state index in [-0.39, 0.29) is 11.9 Å². The molecule has 0 radical (unpaired) electrons. The second-order valence-corrected chi connectivity index (χ2v) is 10.9. The second-order valence-electron chi connectivity index (χ2n) is 6.14. The summed E-state index contributed by atoms with van der Waals surface area (Å²) in [6.45, 7) is 6.58. The Morgan fingerprint density at radius 3 is 2.65 bits per heavy atom. The Morgan fingerprint density at radius 2 is 2.00 bits per heavy atom. The smallest absolute Gasteiger partial charge is 0.314 e. The van der Waals surface area contributed by atoms with Crippen molar-refractivity contribution >= 4 is 14.0 Å². The van der Waals surface area contributed by atoms with E-state index in [1.807, 2.05) is 30.3 Å². The van der Waals surface area contributed by atoms with Gasteiger partial charge in [-0.3, -0.25) is 4.79 Å². The van der Waals surface area contributed by atoms with Crippen LogP contribution in [0.5, 0.6) is 0 Å². The lowest BCUT2D eigenvalue weighted by atomic mass is 9.97. The van der Waals surface area contributed by atoms with E-state index < -0.39 is 8.07 Å². The standard InChI is InChI=1S/C17H20O2Si/c1-20(2,3)11-7-10-16-13-15(17(18)19-16)12-14-8-5-4-6-9-14/h4-6,8-10,15H,12-13H2,1-3H3/b16-10+. The quantitative estimate of drug-likeness (QED) is 0.471. The number of allylic oxidation sites excluding steroid dienone is 2. The Hall–Kier alpha value is -1.79. The van der Waals surface area contributed by atoms with E-state index >= 15 is 0 Å². The van der Waals surface area contributed by atoms with Crippen LogP contribution >= 0.6 is 0 Å². The summed E-state index contributed by atoms with van der Waals surface area (Å²) >= 11 is 0. The predicted molar refractivity (Wildman–Crippen MR) is 83.6 cm³/mol. The van der Waals surface area contributed by atoms with Crippen molar-refractivity contribution in [1.29, 1.82) is 0 Å². The Morgan fingerprint density at radius 1 is 1.30 bits per heavy atom. The molecule has 20 heavy (non-hydrogen) atoms. The first-order chi connectivity index (χ1) is 9.44. The van der Waals surface area contributed by atoms with E-state index in [2.05, 4.69) is 31.1 Å². The molecule has 1 aromatic rings. The molecule has 1 saturated heterocycles. The van der Waals surface area contributed by atoms with E-state index in [4.69, 9.17) is 4.74 Å². The molecule has 2 nitrogen and oxygen atoms in total. The number of carbonyl (C=O) groups is 1. The fourth-order valence-electron chi connectivity index (χ4n) is 2.06. The van der Waals surface area contributed by atoms with E-state index in [9.17, 15) is 4.79 Å². The summed E-state index contributed by atoms with van der Waals surface area (Å²) in [4.78, 5) is 11.8. The van der Waals surface area contributed by atoms with Gasteiger partial charge in [-0.25, -0.2) is 0 Å². The molecule has 1 heterocycles. The molecule has 0 amide bonds. The zero-order valence-corrected chi connectivity index (χ0v) is 13.3. The van der Waals surface area contributed by atoms with Crippen molar-refractivity contribution in [2.45, 2.75) is 32.5 Å². The van der Waals surface area contributed by atoms with Crippen LogP contribution in [0.2, 0.25) is 19.6 Å². The van der Waals surface area contributed by atoms with Crippen LogP contribution in [0.1, 0.15) is 12.0 Å². The van der Waals surface area contributed by atoms with Gasteiger partial charge in [-0.2, -0.15) is 0 Å². The number of carbonyl (C=O) groups excluding carboxylic acids is 1. The normalized spacial score (nSPS) is 20.4. The van der Waals surface area contributed by atoms with Crippen molar-refractivity contribution in [3.05, 3.63) is 47.7 Å². The van der Waals surface area contributed by atoms with Crippen molar-refractivity contribution in [3.8, 4) is 11.5 Å². The van der Waals surface area contributed by atoms with E-state index in [0.29, 0.717) is 12.2 Å². The molecule has 1 aliphatic rings. The average molecular weight is 284 g/mol. The van der Waals surface area contributed by atoms with Gasteiger partial charge in [0.05, 0.1) is 5.92 Å². The maximum absolute atomic E-state index is 11.8. The molecule has 0 aromatic heterocycles. The van der Waals surface area contributed by atoms with Gasteiger partial charge in [-0.15, -0.1) is 5.54 Å². The van der Waals surface area contributed by atoms with Gasteiger partial charge in [0.1, 0.15) is 13.8 Å². The van der Waals surface area contributed by atoms with Crippen LogP contribution in [0.4, 0.5) is 0 Å². The lowest BCUT2D eigenvalue weighted by Crippen LogP contribution is -2.16. The summed E-state index contributed by atoms with van der Waals surface area (Å²) in [5.74, 6) is 3.55. The van der Waals surface area contributed by atoms with Crippen molar-refractivity contribution in [1.82, 2.24) is 0 Å². The lowest BCUT2D eigenvalue weighted by Gasteiger charge is -2.03. The third kappa shape index (κ3) is 4.39. The van der Waals surface area contributed by atoms with E-state index in [1.54, 1.807) is 6.08 Å². The Bertz CT molecular complexity index is 570. The Labute approximate surface area is 121 Å². The highest BCUT2D eigenvalue weighted by molar-refractivity contribution is 6.83. The highest BCUT2D eigenvalue weighted by Crippen LogP contribution is 2.27. The van der Waals surface area contributed by atoms with Crippen LogP contribution in [-0.2, 0) is 16.0 Å². The van der Waals surface area contributed by atoms with Crippen LogP contribution in [0.25, 0.3) is 0 Å². The van der Waals surface area contributed by atoms with Gasteiger partial charge < -0.3 is 4.74 Å². The highest BCUT2D eigenvalue weighted by Gasteiger charge is 2.30. The number of esters is 1.